The summed E-state index contributed by atoms with van der Waals surface area (Å²) < 4.78 is 10.4. The number of ether oxygens (including phenoxy) is 2. The summed E-state index contributed by atoms with van der Waals surface area (Å²) in [5, 5.41) is 3.10. The molecule has 1 aromatic heterocycles. The van der Waals surface area contributed by atoms with E-state index in [-0.39, 0.29) is 5.78 Å². The highest BCUT2D eigenvalue weighted by molar-refractivity contribution is 7.98. The number of rotatable bonds is 8. The van der Waals surface area contributed by atoms with E-state index in [1.54, 1.807) is 73.5 Å². The molecule has 150 valence electrons. The Morgan fingerprint density at radius 1 is 1.07 bits per heavy atom. The van der Waals surface area contributed by atoms with Gasteiger partial charge in [0, 0.05) is 21.6 Å². The van der Waals surface area contributed by atoms with Crippen LogP contribution in [0.3, 0.4) is 0 Å². The first-order valence-corrected chi connectivity index (χ1v) is 10.9. The lowest BCUT2D eigenvalue weighted by molar-refractivity contribution is 0.0318. The van der Waals surface area contributed by atoms with Crippen molar-refractivity contribution < 1.29 is 19.1 Å². The molecule has 0 saturated carbocycles. The standard InChI is InChI=1S/C22H21NO4S2/c1-14(21(24)16-4-8-19(26-3)9-5-16)27-22(25)17-6-10-20(11-7-17)29-13-18-12-28-15(2)23-18/h4-12,14H,13H2,1-3H3. The SMILES string of the molecule is COc1ccc(C(=O)C(C)OC(=O)c2ccc(SCc3csc(C)n3)cc2)cc1. The maximum absolute atomic E-state index is 12.5. The molecule has 3 rings (SSSR count). The lowest BCUT2D eigenvalue weighted by Crippen LogP contribution is -2.24. The van der Waals surface area contributed by atoms with E-state index in [2.05, 4.69) is 10.4 Å². The second kappa shape index (κ2) is 9.71. The fourth-order valence-electron chi connectivity index (χ4n) is 2.59. The molecule has 7 heteroatoms. The van der Waals surface area contributed by atoms with Gasteiger partial charge in [-0.05, 0) is 62.4 Å². The number of aryl methyl sites for hydroxylation is 1. The second-order valence-corrected chi connectivity index (χ2v) is 8.42. The molecule has 5 nitrogen and oxygen atoms in total. The summed E-state index contributed by atoms with van der Waals surface area (Å²) >= 11 is 3.29. The van der Waals surface area contributed by atoms with Gasteiger partial charge in [-0.3, -0.25) is 4.79 Å². The maximum atomic E-state index is 12.5. The molecule has 1 unspecified atom stereocenters. The number of benzene rings is 2. The number of Topliss-reactive ketones (excluding diaryl/α,β-unsaturated/α-hetero) is 1. The summed E-state index contributed by atoms with van der Waals surface area (Å²) in [6.07, 6.45) is -0.877. The van der Waals surface area contributed by atoms with E-state index >= 15 is 0 Å². The van der Waals surface area contributed by atoms with Crippen LogP contribution < -0.4 is 4.74 Å². The number of aromatic nitrogens is 1. The number of thiazole rings is 1. The predicted octanol–water partition coefficient (Wildman–Crippen LogP) is 5.18. The summed E-state index contributed by atoms with van der Waals surface area (Å²) in [5.41, 5.74) is 1.93. The van der Waals surface area contributed by atoms with Gasteiger partial charge in [-0.2, -0.15) is 0 Å². The quantitative estimate of drug-likeness (QED) is 0.280. The molecule has 0 bridgehead atoms. The van der Waals surface area contributed by atoms with Crippen molar-refractivity contribution in [1.29, 1.82) is 0 Å². The van der Waals surface area contributed by atoms with E-state index in [0.717, 1.165) is 21.3 Å². The van der Waals surface area contributed by atoms with Crippen molar-refractivity contribution in [2.75, 3.05) is 7.11 Å². The molecule has 0 radical (unpaired) electrons. The highest BCUT2D eigenvalue weighted by Crippen LogP contribution is 2.24. The van der Waals surface area contributed by atoms with Crippen molar-refractivity contribution in [2.24, 2.45) is 0 Å². The van der Waals surface area contributed by atoms with Crippen molar-refractivity contribution in [3.8, 4) is 5.75 Å². The summed E-state index contributed by atoms with van der Waals surface area (Å²) in [6, 6.07) is 13.9. The third-order valence-corrected chi connectivity index (χ3v) is 6.04. The van der Waals surface area contributed by atoms with Crippen LogP contribution in [0.2, 0.25) is 0 Å². The van der Waals surface area contributed by atoms with Gasteiger partial charge in [0.1, 0.15) is 5.75 Å². The fourth-order valence-corrected chi connectivity index (χ4v) is 4.10. The first-order chi connectivity index (χ1) is 14.0. The van der Waals surface area contributed by atoms with Crippen LogP contribution in [-0.4, -0.2) is 30.0 Å². The van der Waals surface area contributed by atoms with E-state index < -0.39 is 12.1 Å². The predicted molar refractivity (Wildman–Crippen MR) is 115 cm³/mol. The number of methoxy groups -OCH3 is 1. The van der Waals surface area contributed by atoms with Gasteiger partial charge in [0.15, 0.2) is 6.10 Å². The second-order valence-electron chi connectivity index (χ2n) is 6.31. The topological polar surface area (TPSA) is 65.5 Å². The molecule has 1 atom stereocenters. The molecule has 0 N–H and O–H groups in total. The summed E-state index contributed by atoms with van der Waals surface area (Å²) in [5.74, 6) is 0.661. The average molecular weight is 428 g/mol. The van der Waals surface area contributed by atoms with Crippen LogP contribution in [0.4, 0.5) is 0 Å². The Bertz CT molecular complexity index is 981. The van der Waals surface area contributed by atoms with Gasteiger partial charge in [-0.1, -0.05) is 0 Å². The third kappa shape index (κ3) is 5.68. The summed E-state index contributed by atoms with van der Waals surface area (Å²) in [6.45, 7) is 3.56. The molecule has 0 spiro atoms. The largest absolute Gasteiger partial charge is 0.497 e. The van der Waals surface area contributed by atoms with Gasteiger partial charge in [0.25, 0.3) is 0 Å². The third-order valence-electron chi connectivity index (χ3n) is 4.17. The Balaban J connectivity index is 1.55. The molecule has 0 aliphatic carbocycles. The zero-order valence-corrected chi connectivity index (χ0v) is 18.0. The smallest absolute Gasteiger partial charge is 0.338 e. The van der Waals surface area contributed by atoms with Crippen molar-refractivity contribution in [1.82, 2.24) is 4.98 Å². The number of thioether (sulfide) groups is 1. The van der Waals surface area contributed by atoms with Gasteiger partial charge in [-0.25, -0.2) is 9.78 Å². The van der Waals surface area contributed by atoms with Crippen LogP contribution in [-0.2, 0) is 10.5 Å². The molecule has 0 amide bonds. The summed E-state index contributed by atoms with van der Waals surface area (Å²) in [4.78, 5) is 30.3. The highest BCUT2D eigenvalue weighted by atomic mass is 32.2. The molecule has 1 heterocycles. The number of hydrogen-bond acceptors (Lipinski definition) is 7. The monoisotopic (exact) mass is 427 g/mol. The molecule has 0 aliphatic heterocycles. The molecular formula is C22H21NO4S2. The van der Waals surface area contributed by atoms with Gasteiger partial charge in [-0.15, -0.1) is 23.1 Å². The minimum Gasteiger partial charge on any atom is -0.497 e. The molecule has 29 heavy (non-hydrogen) atoms. The normalized spacial score (nSPS) is 11.7. The number of carbonyl (C=O) groups excluding carboxylic acids is 2. The van der Waals surface area contributed by atoms with Crippen molar-refractivity contribution >= 4 is 34.9 Å². The van der Waals surface area contributed by atoms with Crippen LogP contribution in [0.1, 0.15) is 38.3 Å². The Morgan fingerprint density at radius 2 is 1.72 bits per heavy atom. The van der Waals surface area contributed by atoms with Crippen LogP contribution in [0.15, 0.2) is 58.8 Å². The van der Waals surface area contributed by atoms with Crippen LogP contribution in [0, 0.1) is 6.92 Å². The summed E-state index contributed by atoms with van der Waals surface area (Å²) in [7, 11) is 1.56. The lowest BCUT2D eigenvalue weighted by atomic mass is 10.1. The highest BCUT2D eigenvalue weighted by Gasteiger charge is 2.20. The van der Waals surface area contributed by atoms with E-state index in [9.17, 15) is 9.59 Å². The molecule has 2 aromatic carbocycles. The molecule has 0 fully saturated rings. The van der Waals surface area contributed by atoms with Crippen molar-refractivity contribution in [2.45, 2.75) is 30.6 Å². The molecule has 0 aliphatic rings. The van der Waals surface area contributed by atoms with Gasteiger partial charge >= 0.3 is 5.97 Å². The number of nitrogens with zero attached hydrogens (tertiary/aromatic N) is 1. The maximum Gasteiger partial charge on any atom is 0.338 e. The van der Waals surface area contributed by atoms with E-state index in [1.165, 1.54) is 0 Å². The van der Waals surface area contributed by atoms with E-state index in [0.29, 0.717) is 16.9 Å². The molecular weight excluding hydrogens is 406 g/mol. The minimum absolute atomic E-state index is 0.258. The molecule has 3 aromatic rings. The molecule has 0 saturated heterocycles. The number of esters is 1. The number of hydrogen-bond donors (Lipinski definition) is 0. The Labute approximate surface area is 178 Å². The van der Waals surface area contributed by atoms with Crippen LogP contribution >= 0.6 is 23.1 Å². The Hall–Kier alpha value is -2.64. The Kier molecular flexibility index (Phi) is 7.06. The van der Waals surface area contributed by atoms with Crippen LogP contribution in [0.25, 0.3) is 0 Å². The zero-order valence-electron chi connectivity index (χ0n) is 16.4. The van der Waals surface area contributed by atoms with E-state index in [1.807, 2.05) is 19.1 Å². The van der Waals surface area contributed by atoms with Crippen LogP contribution in [0.5, 0.6) is 5.75 Å². The van der Waals surface area contributed by atoms with Gasteiger partial charge in [0.05, 0.1) is 23.4 Å². The van der Waals surface area contributed by atoms with Gasteiger partial charge in [0.2, 0.25) is 5.78 Å². The fraction of sp³-hybridized carbons (Fsp3) is 0.227. The lowest BCUT2D eigenvalue weighted by Gasteiger charge is -2.13. The average Bonchev–Trinajstić information content (AvgIpc) is 3.17. The number of ketones is 1. The van der Waals surface area contributed by atoms with Crippen molar-refractivity contribution in [3.63, 3.8) is 0 Å². The minimum atomic E-state index is -0.877. The zero-order chi connectivity index (χ0) is 20.8. The van der Waals surface area contributed by atoms with Crippen molar-refractivity contribution in [3.05, 3.63) is 75.7 Å². The number of carbonyl (C=O) groups is 2. The first kappa shape index (κ1) is 21.1. The van der Waals surface area contributed by atoms with E-state index in [4.69, 9.17) is 9.47 Å². The first-order valence-electron chi connectivity index (χ1n) is 8.99. The Morgan fingerprint density at radius 3 is 2.31 bits per heavy atom. The van der Waals surface area contributed by atoms with Gasteiger partial charge < -0.3 is 9.47 Å².